The molecular formula is C24H27N5O2S. The number of rotatable bonds is 7. The van der Waals surface area contributed by atoms with Gasteiger partial charge in [0.05, 0.1) is 11.1 Å². The van der Waals surface area contributed by atoms with Crippen LogP contribution in [0.3, 0.4) is 0 Å². The van der Waals surface area contributed by atoms with Gasteiger partial charge in [-0.25, -0.2) is 4.98 Å². The van der Waals surface area contributed by atoms with E-state index in [2.05, 4.69) is 21.8 Å². The van der Waals surface area contributed by atoms with Crippen LogP contribution in [0, 0.1) is 6.92 Å². The molecule has 2 aromatic carbocycles. The Morgan fingerprint density at radius 1 is 1.12 bits per heavy atom. The highest BCUT2D eigenvalue weighted by atomic mass is 32.2. The lowest BCUT2D eigenvalue weighted by molar-refractivity contribution is 0.0999. The molecule has 1 fully saturated rings. The number of aryl methyl sites for hydroxylation is 1. The number of piperazine rings is 1. The van der Waals surface area contributed by atoms with Crippen LogP contribution in [0.5, 0.6) is 5.88 Å². The number of aromatic nitrogens is 2. The van der Waals surface area contributed by atoms with Gasteiger partial charge in [0.1, 0.15) is 6.61 Å². The molecule has 1 amide bonds. The summed E-state index contributed by atoms with van der Waals surface area (Å²) in [6, 6.07) is 15.6. The Bertz CT molecular complexity index is 1090. The first-order valence-electron chi connectivity index (χ1n) is 10.5. The van der Waals surface area contributed by atoms with E-state index in [4.69, 9.17) is 15.5 Å². The van der Waals surface area contributed by atoms with E-state index in [1.807, 2.05) is 55.6 Å². The number of carbonyl (C=O) groups excluding carboxylic acids is 1. The maximum Gasteiger partial charge on any atom is 0.248 e. The second kappa shape index (κ2) is 10.0. The number of benzene rings is 2. The number of hydrogen-bond acceptors (Lipinski definition) is 7. The third-order valence-electron chi connectivity index (χ3n) is 5.41. The summed E-state index contributed by atoms with van der Waals surface area (Å²) >= 11 is 1.51. The molecule has 0 aliphatic carbocycles. The van der Waals surface area contributed by atoms with Crippen molar-refractivity contribution in [3.63, 3.8) is 0 Å². The fourth-order valence-corrected chi connectivity index (χ4v) is 4.43. The Morgan fingerprint density at radius 3 is 2.56 bits per heavy atom. The second-order valence-electron chi connectivity index (χ2n) is 7.85. The largest absolute Gasteiger partial charge is 0.472 e. The van der Waals surface area contributed by atoms with Gasteiger partial charge in [-0.2, -0.15) is 4.98 Å². The summed E-state index contributed by atoms with van der Waals surface area (Å²) in [5.41, 5.74) is 7.87. The maximum absolute atomic E-state index is 11.5. The van der Waals surface area contributed by atoms with Crippen LogP contribution in [0.4, 0.5) is 5.95 Å². The van der Waals surface area contributed by atoms with E-state index in [9.17, 15) is 4.79 Å². The van der Waals surface area contributed by atoms with Crippen molar-refractivity contribution >= 4 is 23.6 Å². The van der Waals surface area contributed by atoms with Crippen LogP contribution in [0.25, 0.3) is 0 Å². The molecule has 3 aromatic rings. The SMILES string of the molecule is Cc1cc(Sc2cnc(N3CCN(C)CC3)nc2OCc2ccccc2)ccc1C(N)=O. The molecule has 0 atom stereocenters. The summed E-state index contributed by atoms with van der Waals surface area (Å²) in [7, 11) is 2.12. The number of nitrogens with zero attached hydrogens (tertiary/aromatic N) is 4. The molecular weight excluding hydrogens is 422 g/mol. The van der Waals surface area contributed by atoms with Gasteiger partial charge in [-0.3, -0.25) is 4.79 Å². The average molecular weight is 450 g/mol. The summed E-state index contributed by atoms with van der Waals surface area (Å²) in [6.07, 6.45) is 1.82. The standard InChI is InChI=1S/C24H27N5O2S/c1-17-14-19(8-9-20(17)22(25)30)32-21-15-26-24(29-12-10-28(2)11-13-29)27-23(21)31-16-18-6-4-3-5-7-18/h3-9,14-15H,10-13,16H2,1-2H3,(H2,25,30). The molecule has 0 unspecified atom stereocenters. The van der Waals surface area contributed by atoms with Crippen molar-refractivity contribution in [2.75, 3.05) is 38.1 Å². The number of nitrogens with two attached hydrogens (primary N) is 1. The lowest BCUT2D eigenvalue weighted by atomic mass is 10.1. The van der Waals surface area contributed by atoms with Crippen LogP contribution in [-0.2, 0) is 6.61 Å². The predicted octanol–water partition coefficient (Wildman–Crippen LogP) is 3.37. The quantitative estimate of drug-likeness (QED) is 0.592. The summed E-state index contributed by atoms with van der Waals surface area (Å²) in [6.45, 7) is 6.03. The van der Waals surface area contributed by atoms with E-state index >= 15 is 0 Å². The van der Waals surface area contributed by atoms with Crippen LogP contribution in [-0.4, -0.2) is 54.0 Å². The minimum absolute atomic E-state index is 0.424. The average Bonchev–Trinajstić information content (AvgIpc) is 2.79. The highest BCUT2D eigenvalue weighted by Crippen LogP contribution is 2.35. The molecule has 7 nitrogen and oxygen atoms in total. The van der Waals surface area contributed by atoms with E-state index in [1.165, 1.54) is 11.8 Å². The van der Waals surface area contributed by atoms with E-state index in [0.29, 0.717) is 24.0 Å². The molecule has 2 heterocycles. The molecule has 0 radical (unpaired) electrons. The zero-order valence-electron chi connectivity index (χ0n) is 18.3. The molecule has 2 N–H and O–H groups in total. The van der Waals surface area contributed by atoms with Gasteiger partial charge >= 0.3 is 0 Å². The first kappa shape index (κ1) is 22.1. The lowest BCUT2D eigenvalue weighted by Gasteiger charge is -2.32. The predicted molar refractivity (Wildman–Crippen MR) is 126 cm³/mol. The first-order valence-corrected chi connectivity index (χ1v) is 11.4. The van der Waals surface area contributed by atoms with Gasteiger partial charge in [0.25, 0.3) is 0 Å². The minimum atomic E-state index is -0.425. The summed E-state index contributed by atoms with van der Waals surface area (Å²) in [5.74, 6) is 0.816. The fourth-order valence-electron chi connectivity index (χ4n) is 3.51. The Kier molecular flexibility index (Phi) is 6.92. The van der Waals surface area contributed by atoms with Crippen LogP contribution in [0.15, 0.2) is 64.5 Å². The van der Waals surface area contributed by atoms with E-state index < -0.39 is 5.91 Å². The molecule has 1 aliphatic rings. The van der Waals surface area contributed by atoms with Crippen molar-refractivity contribution < 1.29 is 9.53 Å². The zero-order valence-corrected chi connectivity index (χ0v) is 19.1. The van der Waals surface area contributed by atoms with Gasteiger partial charge in [-0.15, -0.1) is 0 Å². The Morgan fingerprint density at radius 2 is 1.88 bits per heavy atom. The van der Waals surface area contributed by atoms with Crippen molar-refractivity contribution in [1.82, 2.24) is 14.9 Å². The van der Waals surface area contributed by atoms with Gasteiger partial charge in [0, 0.05) is 36.6 Å². The van der Waals surface area contributed by atoms with E-state index in [1.54, 1.807) is 6.07 Å². The Balaban J connectivity index is 1.59. The molecule has 8 heteroatoms. The van der Waals surface area contributed by atoms with Gasteiger partial charge in [-0.1, -0.05) is 42.1 Å². The van der Waals surface area contributed by atoms with Crippen molar-refractivity contribution in [2.45, 2.75) is 23.3 Å². The van der Waals surface area contributed by atoms with Crippen molar-refractivity contribution in [3.8, 4) is 5.88 Å². The number of anilines is 1. The topological polar surface area (TPSA) is 84.6 Å². The highest BCUT2D eigenvalue weighted by Gasteiger charge is 2.19. The van der Waals surface area contributed by atoms with E-state index in [0.717, 1.165) is 47.1 Å². The third-order valence-corrected chi connectivity index (χ3v) is 6.39. The Labute approximate surface area is 192 Å². The number of likely N-dealkylation sites (N-methyl/N-ethyl adjacent to an activating group) is 1. The molecule has 1 saturated heterocycles. The van der Waals surface area contributed by atoms with E-state index in [-0.39, 0.29) is 0 Å². The van der Waals surface area contributed by atoms with Gasteiger partial charge in [0.2, 0.25) is 17.7 Å². The second-order valence-corrected chi connectivity index (χ2v) is 8.96. The van der Waals surface area contributed by atoms with Crippen LogP contribution < -0.4 is 15.4 Å². The maximum atomic E-state index is 11.5. The van der Waals surface area contributed by atoms with Crippen molar-refractivity contribution in [1.29, 1.82) is 0 Å². The molecule has 0 spiro atoms. The molecule has 0 bridgehead atoms. The molecule has 1 aliphatic heterocycles. The minimum Gasteiger partial charge on any atom is -0.472 e. The van der Waals surface area contributed by atoms with Gasteiger partial charge < -0.3 is 20.3 Å². The van der Waals surface area contributed by atoms with Crippen LogP contribution in [0.2, 0.25) is 0 Å². The number of primary amides is 1. The monoisotopic (exact) mass is 449 g/mol. The highest BCUT2D eigenvalue weighted by molar-refractivity contribution is 7.99. The number of hydrogen-bond donors (Lipinski definition) is 1. The summed E-state index contributed by atoms with van der Waals surface area (Å²) in [4.78, 5) is 27.2. The summed E-state index contributed by atoms with van der Waals surface area (Å²) < 4.78 is 6.16. The first-order chi connectivity index (χ1) is 15.5. The summed E-state index contributed by atoms with van der Waals surface area (Å²) in [5, 5.41) is 0. The normalized spacial score (nSPS) is 14.4. The fraction of sp³-hybridized carbons (Fsp3) is 0.292. The molecule has 1 aromatic heterocycles. The number of ether oxygens (including phenoxy) is 1. The number of carbonyl (C=O) groups is 1. The third kappa shape index (κ3) is 5.38. The van der Waals surface area contributed by atoms with Gasteiger partial charge in [-0.05, 0) is 43.3 Å². The smallest absolute Gasteiger partial charge is 0.248 e. The molecule has 4 rings (SSSR count). The molecule has 0 saturated carbocycles. The zero-order chi connectivity index (χ0) is 22.5. The van der Waals surface area contributed by atoms with Crippen molar-refractivity contribution in [3.05, 3.63) is 71.4 Å². The van der Waals surface area contributed by atoms with Crippen LogP contribution >= 0.6 is 11.8 Å². The lowest BCUT2D eigenvalue weighted by Crippen LogP contribution is -2.45. The molecule has 32 heavy (non-hydrogen) atoms. The number of amides is 1. The molecule has 166 valence electrons. The van der Waals surface area contributed by atoms with Crippen LogP contribution in [0.1, 0.15) is 21.5 Å². The van der Waals surface area contributed by atoms with Crippen molar-refractivity contribution in [2.24, 2.45) is 5.73 Å². The van der Waals surface area contributed by atoms with Gasteiger partial charge in [0.15, 0.2) is 0 Å². The Hall–Kier alpha value is -3.10.